The van der Waals surface area contributed by atoms with Crippen LogP contribution in [0.1, 0.15) is 30.1 Å². The van der Waals surface area contributed by atoms with Crippen molar-refractivity contribution in [2.45, 2.75) is 19.8 Å². The van der Waals surface area contributed by atoms with Gasteiger partial charge in [0.25, 0.3) is 5.91 Å². The molecule has 1 rings (SSSR count). The first-order valence-electron chi connectivity index (χ1n) is 5.35. The minimum atomic E-state index is -0.0477. The average Bonchev–Trinajstić information content (AvgIpc) is 2.30. The fourth-order valence-electron chi connectivity index (χ4n) is 1.27. The van der Waals surface area contributed by atoms with Crippen LogP contribution in [-0.4, -0.2) is 18.0 Å². The summed E-state index contributed by atoms with van der Waals surface area (Å²) in [7, 11) is 0. The van der Waals surface area contributed by atoms with Crippen LogP contribution < -0.4 is 10.1 Å². The van der Waals surface area contributed by atoms with Crippen LogP contribution in [0.25, 0.3) is 0 Å². The standard InChI is InChI=1S/C12H16BrNO2/c1-2-3-7-14-12(15)10-5-4-6-11(8-10)16-9-13/h4-6,8H,2-3,7,9H2,1H3,(H,14,15). The summed E-state index contributed by atoms with van der Waals surface area (Å²) in [4.78, 5) is 11.7. The molecule has 0 radical (unpaired) electrons. The van der Waals surface area contributed by atoms with Gasteiger partial charge >= 0.3 is 0 Å². The lowest BCUT2D eigenvalue weighted by atomic mass is 10.2. The monoisotopic (exact) mass is 285 g/mol. The lowest BCUT2D eigenvalue weighted by Crippen LogP contribution is -2.24. The lowest BCUT2D eigenvalue weighted by Gasteiger charge is -2.06. The molecular weight excluding hydrogens is 270 g/mol. The quantitative estimate of drug-likeness (QED) is 0.645. The van der Waals surface area contributed by atoms with E-state index in [0.717, 1.165) is 19.4 Å². The topological polar surface area (TPSA) is 38.3 Å². The molecule has 1 aromatic rings. The number of hydrogen-bond acceptors (Lipinski definition) is 2. The fourth-order valence-corrected chi connectivity index (χ4v) is 1.54. The van der Waals surface area contributed by atoms with E-state index in [1.165, 1.54) is 0 Å². The third-order valence-corrected chi connectivity index (χ3v) is 2.36. The van der Waals surface area contributed by atoms with E-state index in [2.05, 4.69) is 28.2 Å². The molecule has 88 valence electrons. The van der Waals surface area contributed by atoms with Crippen molar-refractivity contribution >= 4 is 21.8 Å². The SMILES string of the molecule is CCCCNC(=O)c1cccc(OCBr)c1. The molecule has 0 spiro atoms. The Bertz CT molecular complexity index is 342. The second kappa shape index (κ2) is 7.28. The van der Waals surface area contributed by atoms with E-state index in [1.54, 1.807) is 12.1 Å². The Labute approximate surface area is 104 Å². The minimum Gasteiger partial charge on any atom is -0.482 e. The highest BCUT2D eigenvalue weighted by atomic mass is 79.9. The van der Waals surface area contributed by atoms with Crippen molar-refractivity contribution in [1.82, 2.24) is 5.32 Å². The van der Waals surface area contributed by atoms with Gasteiger partial charge in [0, 0.05) is 12.1 Å². The number of carbonyl (C=O) groups is 1. The summed E-state index contributed by atoms with van der Waals surface area (Å²) in [5.41, 5.74) is 1.06. The summed E-state index contributed by atoms with van der Waals surface area (Å²) in [6.45, 7) is 2.81. The van der Waals surface area contributed by atoms with Crippen LogP contribution >= 0.6 is 15.9 Å². The van der Waals surface area contributed by atoms with Crippen molar-refractivity contribution in [3.05, 3.63) is 29.8 Å². The van der Waals surface area contributed by atoms with E-state index in [4.69, 9.17) is 4.74 Å². The first-order valence-corrected chi connectivity index (χ1v) is 6.47. The average molecular weight is 286 g/mol. The zero-order valence-electron chi connectivity index (χ0n) is 9.33. The summed E-state index contributed by atoms with van der Waals surface area (Å²) < 4.78 is 5.26. The molecule has 0 aromatic heterocycles. The van der Waals surface area contributed by atoms with Crippen LogP contribution in [0.3, 0.4) is 0 Å². The molecule has 1 N–H and O–H groups in total. The van der Waals surface area contributed by atoms with E-state index in [0.29, 0.717) is 16.8 Å². The van der Waals surface area contributed by atoms with Crippen molar-refractivity contribution < 1.29 is 9.53 Å². The minimum absolute atomic E-state index is 0.0477. The first kappa shape index (κ1) is 13.0. The first-order chi connectivity index (χ1) is 7.77. The zero-order chi connectivity index (χ0) is 11.8. The number of ether oxygens (including phenoxy) is 1. The lowest BCUT2D eigenvalue weighted by molar-refractivity contribution is 0.0953. The predicted octanol–water partition coefficient (Wildman–Crippen LogP) is 2.95. The van der Waals surface area contributed by atoms with Crippen molar-refractivity contribution in [2.24, 2.45) is 0 Å². The maximum absolute atomic E-state index is 11.7. The van der Waals surface area contributed by atoms with E-state index in [9.17, 15) is 4.79 Å². The molecule has 0 heterocycles. The molecule has 1 aromatic carbocycles. The Kier molecular flexibility index (Phi) is 5.93. The van der Waals surface area contributed by atoms with Crippen LogP contribution in [-0.2, 0) is 0 Å². The molecule has 16 heavy (non-hydrogen) atoms. The third kappa shape index (κ3) is 4.23. The number of alkyl halides is 1. The molecule has 0 fully saturated rings. The number of hydrogen-bond donors (Lipinski definition) is 1. The summed E-state index contributed by atoms with van der Waals surface area (Å²) in [5.74, 6) is 0.647. The summed E-state index contributed by atoms with van der Waals surface area (Å²) in [6.07, 6.45) is 2.08. The van der Waals surface area contributed by atoms with Gasteiger partial charge in [-0.15, -0.1) is 0 Å². The molecule has 4 heteroatoms. The van der Waals surface area contributed by atoms with Crippen LogP contribution in [0, 0.1) is 0 Å². The second-order valence-corrected chi connectivity index (χ2v) is 3.85. The molecular formula is C12H16BrNO2. The maximum atomic E-state index is 11.7. The molecule has 0 unspecified atom stereocenters. The number of unbranched alkanes of at least 4 members (excludes halogenated alkanes) is 1. The highest BCUT2D eigenvalue weighted by Gasteiger charge is 2.05. The van der Waals surface area contributed by atoms with E-state index in [1.807, 2.05) is 12.1 Å². The van der Waals surface area contributed by atoms with E-state index in [-0.39, 0.29) is 5.91 Å². The second-order valence-electron chi connectivity index (χ2n) is 3.39. The van der Waals surface area contributed by atoms with Crippen LogP contribution in [0.4, 0.5) is 0 Å². The third-order valence-electron chi connectivity index (χ3n) is 2.13. The van der Waals surface area contributed by atoms with Gasteiger partial charge in [-0.05, 0) is 40.5 Å². The highest BCUT2D eigenvalue weighted by molar-refractivity contribution is 9.09. The van der Waals surface area contributed by atoms with Crippen LogP contribution in [0.2, 0.25) is 0 Å². The number of rotatable bonds is 6. The van der Waals surface area contributed by atoms with Gasteiger partial charge in [-0.1, -0.05) is 19.4 Å². The van der Waals surface area contributed by atoms with Gasteiger partial charge in [0.15, 0.2) is 0 Å². The molecule has 0 aliphatic heterocycles. The number of amides is 1. The van der Waals surface area contributed by atoms with Gasteiger partial charge in [-0.25, -0.2) is 0 Å². The van der Waals surface area contributed by atoms with Gasteiger partial charge in [0.1, 0.15) is 11.3 Å². The summed E-state index contributed by atoms with van der Waals surface area (Å²) in [5, 5.41) is 2.86. The largest absolute Gasteiger partial charge is 0.482 e. The number of nitrogens with one attached hydrogen (secondary N) is 1. The van der Waals surface area contributed by atoms with Crippen LogP contribution in [0.5, 0.6) is 5.75 Å². The molecule has 0 saturated carbocycles. The maximum Gasteiger partial charge on any atom is 0.251 e. The summed E-state index contributed by atoms with van der Waals surface area (Å²) in [6, 6.07) is 7.15. The Balaban J connectivity index is 2.57. The number of carbonyl (C=O) groups excluding carboxylic acids is 1. The van der Waals surface area contributed by atoms with Gasteiger partial charge in [0.05, 0.1) is 0 Å². The summed E-state index contributed by atoms with van der Waals surface area (Å²) >= 11 is 3.18. The van der Waals surface area contributed by atoms with Crippen LogP contribution in [0.15, 0.2) is 24.3 Å². The number of halogens is 1. The fraction of sp³-hybridized carbons (Fsp3) is 0.417. The highest BCUT2D eigenvalue weighted by Crippen LogP contribution is 2.13. The van der Waals surface area contributed by atoms with Crippen molar-refractivity contribution in [1.29, 1.82) is 0 Å². The van der Waals surface area contributed by atoms with Gasteiger partial charge in [-0.2, -0.15) is 0 Å². The Hall–Kier alpha value is -1.03. The van der Waals surface area contributed by atoms with E-state index < -0.39 is 0 Å². The molecule has 0 aliphatic carbocycles. The normalized spacial score (nSPS) is 9.88. The Morgan fingerprint density at radius 3 is 3.00 bits per heavy atom. The van der Waals surface area contributed by atoms with E-state index >= 15 is 0 Å². The molecule has 1 amide bonds. The number of benzene rings is 1. The Morgan fingerprint density at radius 1 is 1.50 bits per heavy atom. The molecule has 3 nitrogen and oxygen atoms in total. The Morgan fingerprint density at radius 2 is 2.31 bits per heavy atom. The molecule has 0 aliphatic rings. The molecule has 0 saturated heterocycles. The van der Waals surface area contributed by atoms with Crippen molar-refractivity contribution in [3.8, 4) is 5.75 Å². The van der Waals surface area contributed by atoms with Gasteiger partial charge in [-0.3, -0.25) is 4.79 Å². The molecule has 0 atom stereocenters. The smallest absolute Gasteiger partial charge is 0.251 e. The van der Waals surface area contributed by atoms with Crippen molar-refractivity contribution in [2.75, 3.05) is 12.1 Å². The van der Waals surface area contributed by atoms with Gasteiger partial charge < -0.3 is 10.1 Å². The molecule has 0 bridgehead atoms. The predicted molar refractivity (Wildman–Crippen MR) is 68.1 cm³/mol. The zero-order valence-corrected chi connectivity index (χ0v) is 10.9. The van der Waals surface area contributed by atoms with Gasteiger partial charge in [0.2, 0.25) is 0 Å². The van der Waals surface area contributed by atoms with Crippen molar-refractivity contribution in [3.63, 3.8) is 0 Å².